The van der Waals surface area contributed by atoms with Crippen LogP contribution in [0, 0.1) is 6.92 Å². The van der Waals surface area contributed by atoms with Gasteiger partial charge >= 0.3 is 0 Å². The summed E-state index contributed by atoms with van der Waals surface area (Å²) >= 11 is 1.72. The second-order valence-corrected chi connectivity index (χ2v) is 6.53. The molecule has 0 bridgehead atoms. The van der Waals surface area contributed by atoms with Gasteiger partial charge < -0.3 is 4.74 Å². The Bertz CT molecular complexity index is 609. The fourth-order valence-corrected chi connectivity index (χ4v) is 3.70. The largest absolute Gasteiger partial charge is 0.370 e. The van der Waals surface area contributed by atoms with Crippen molar-refractivity contribution < 1.29 is 4.74 Å². The Morgan fingerprint density at radius 1 is 1.50 bits per heavy atom. The molecule has 2 aromatic rings. The first-order chi connectivity index (χ1) is 9.79. The lowest BCUT2D eigenvalue weighted by molar-refractivity contribution is -0.0671. The molecule has 6 nitrogen and oxygen atoms in total. The Hall–Kier alpha value is -1.31. The van der Waals surface area contributed by atoms with Crippen molar-refractivity contribution in [2.75, 3.05) is 13.1 Å². The van der Waals surface area contributed by atoms with E-state index in [-0.39, 0.29) is 12.1 Å². The SMILES string of the molecule is Cc1nc(CN2CC[C@H]3OCc4cnnn4[C@H]3C2)cs1. The standard InChI is InChI=1S/C13H17N5OS/c1-9-15-10(8-20-9)5-17-3-2-13-12(6-17)18-11(7-19-13)4-14-16-18/h4,8,12-13H,2-3,5-7H2,1H3/t12-,13+/m0/s1. The van der Waals surface area contributed by atoms with Crippen LogP contribution in [-0.4, -0.2) is 44.1 Å². The van der Waals surface area contributed by atoms with Crippen molar-refractivity contribution in [3.63, 3.8) is 0 Å². The van der Waals surface area contributed by atoms with Crippen LogP contribution in [0.5, 0.6) is 0 Å². The van der Waals surface area contributed by atoms with Gasteiger partial charge in [0.25, 0.3) is 0 Å². The summed E-state index contributed by atoms with van der Waals surface area (Å²) in [4.78, 5) is 6.99. The van der Waals surface area contributed by atoms with E-state index in [0.717, 1.165) is 36.8 Å². The third-order valence-electron chi connectivity index (χ3n) is 4.06. The van der Waals surface area contributed by atoms with Gasteiger partial charge in [-0.2, -0.15) is 0 Å². The van der Waals surface area contributed by atoms with Crippen LogP contribution in [-0.2, 0) is 17.9 Å². The van der Waals surface area contributed by atoms with Crippen molar-refractivity contribution in [1.29, 1.82) is 0 Å². The molecule has 2 aliphatic rings. The molecule has 4 rings (SSSR count). The summed E-state index contributed by atoms with van der Waals surface area (Å²) < 4.78 is 7.98. The third kappa shape index (κ3) is 2.15. The lowest BCUT2D eigenvalue weighted by atomic mass is 10.0. The van der Waals surface area contributed by atoms with Crippen LogP contribution in [0.4, 0.5) is 0 Å². The highest BCUT2D eigenvalue weighted by Gasteiger charge is 2.36. The zero-order valence-corrected chi connectivity index (χ0v) is 12.2. The Kier molecular flexibility index (Phi) is 3.05. The fraction of sp³-hybridized carbons (Fsp3) is 0.615. The minimum Gasteiger partial charge on any atom is -0.370 e. The molecule has 2 aromatic heterocycles. The maximum Gasteiger partial charge on any atom is 0.0930 e. The second kappa shape index (κ2) is 4.91. The summed E-state index contributed by atoms with van der Waals surface area (Å²) in [5, 5.41) is 11.5. The van der Waals surface area contributed by atoms with Crippen LogP contribution in [0.2, 0.25) is 0 Å². The van der Waals surface area contributed by atoms with E-state index in [4.69, 9.17) is 4.74 Å². The van der Waals surface area contributed by atoms with Gasteiger partial charge in [-0.3, -0.25) is 4.90 Å². The van der Waals surface area contributed by atoms with Gasteiger partial charge in [-0.05, 0) is 13.3 Å². The highest BCUT2D eigenvalue weighted by atomic mass is 32.1. The van der Waals surface area contributed by atoms with Crippen LogP contribution in [0.1, 0.15) is 28.9 Å². The molecular weight excluding hydrogens is 274 g/mol. The number of nitrogens with zero attached hydrogens (tertiary/aromatic N) is 5. The molecule has 1 saturated heterocycles. The quantitative estimate of drug-likeness (QED) is 0.837. The summed E-state index contributed by atoms with van der Waals surface area (Å²) in [6.07, 6.45) is 3.13. The van der Waals surface area contributed by atoms with Crippen molar-refractivity contribution in [2.24, 2.45) is 0 Å². The first kappa shape index (κ1) is 12.4. The molecular formula is C13H17N5OS. The van der Waals surface area contributed by atoms with Gasteiger partial charge in [-0.15, -0.1) is 16.4 Å². The number of piperidine rings is 1. The van der Waals surface area contributed by atoms with Crippen LogP contribution >= 0.6 is 11.3 Å². The maximum absolute atomic E-state index is 5.93. The number of fused-ring (bicyclic) bond motifs is 3. The summed E-state index contributed by atoms with van der Waals surface area (Å²) in [7, 11) is 0. The highest BCUT2D eigenvalue weighted by Crippen LogP contribution is 2.30. The second-order valence-electron chi connectivity index (χ2n) is 5.47. The van der Waals surface area contributed by atoms with E-state index >= 15 is 0 Å². The number of aromatic nitrogens is 4. The predicted octanol–water partition coefficient (Wildman–Crippen LogP) is 1.39. The highest BCUT2D eigenvalue weighted by molar-refractivity contribution is 7.09. The first-order valence-corrected chi connectivity index (χ1v) is 7.81. The molecule has 1 fully saturated rings. The molecule has 0 N–H and O–H groups in total. The van der Waals surface area contributed by atoms with Gasteiger partial charge in [0.2, 0.25) is 0 Å². The Morgan fingerprint density at radius 3 is 3.30 bits per heavy atom. The van der Waals surface area contributed by atoms with E-state index < -0.39 is 0 Å². The molecule has 0 spiro atoms. The minimum absolute atomic E-state index is 0.276. The molecule has 0 radical (unpaired) electrons. The van der Waals surface area contributed by atoms with Crippen molar-refractivity contribution in [3.8, 4) is 0 Å². The average Bonchev–Trinajstić information content (AvgIpc) is 3.07. The summed E-state index contributed by atoms with van der Waals surface area (Å²) in [5.74, 6) is 0. The van der Waals surface area contributed by atoms with E-state index in [1.807, 2.05) is 4.68 Å². The molecule has 0 amide bonds. The topological polar surface area (TPSA) is 56.1 Å². The van der Waals surface area contributed by atoms with Crippen molar-refractivity contribution in [1.82, 2.24) is 24.9 Å². The van der Waals surface area contributed by atoms with Crippen molar-refractivity contribution in [3.05, 3.63) is 28.0 Å². The average molecular weight is 291 g/mol. The van der Waals surface area contributed by atoms with E-state index in [1.165, 1.54) is 5.69 Å². The van der Waals surface area contributed by atoms with Gasteiger partial charge in [0.1, 0.15) is 0 Å². The summed E-state index contributed by atoms with van der Waals surface area (Å²) in [5.41, 5.74) is 2.25. The lowest BCUT2D eigenvalue weighted by Gasteiger charge is -2.40. The molecule has 7 heteroatoms. The van der Waals surface area contributed by atoms with Crippen LogP contribution in [0.3, 0.4) is 0 Å². The first-order valence-electron chi connectivity index (χ1n) is 6.93. The number of hydrogen-bond acceptors (Lipinski definition) is 6. The van der Waals surface area contributed by atoms with Crippen molar-refractivity contribution >= 4 is 11.3 Å². The Labute approximate surface area is 121 Å². The molecule has 0 aromatic carbocycles. The fourth-order valence-electron chi connectivity index (χ4n) is 3.10. The molecule has 106 valence electrons. The Balaban J connectivity index is 1.51. The molecule has 4 heterocycles. The van der Waals surface area contributed by atoms with E-state index in [1.54, 1.807) is 17.5 Å². The van der Waals surface area contributed by atoms with Crippen LogP contribution < -0.4 is 0 Å². The number of hydrogen-bond donors (Lipinski definition) is 0. The zero-order valence-electron chi connectivity index (χ0n) is 11.4. The number of rotatable bonds is 2. The number of thiazole rings is 1. The van der Waals surface area contributed by atoms with Gasteiger partial charge in [0.05, 0.1) is 41.3 Å². The Morgan fingerprint density at radius 2 is 2.45 bits per heavy atom. The van der Waals surface area contributed by atoms with Crippen LogP contribution in [0.25, 0.3) is 0 Å². The minimum atomic E-state index is 0.276. The lowest BCUT2D eigenvalue weighted by Crippen LogP contribution is -2.47. The smallest absolute Gasteiger partial charge is 0.0930 e. The molecule has 2 atom stereocenters. The van der Waals surface area contributed by atoms with Gasteiger partial charge in [0.15, 0.2) is 0 Å². The van der Waals surface area contributed by atoms with Gasteiger partial charge in [0, 0.05) is 25.0 Å². The maximum atomic E-state index is 5.93. The van der Waals surface area contributed by atoms with E-state index in [0.29, 0.717) is 6.61 Å². The van der Waals surface area contributed by atoms with E-state index in [2.05, 4.69) is 32.5 Å². The van der Waals surface area contributed by atoms with Gasteiger partial charge in [-0.25, -0.2) is 9.67 Å². The number of likely N-dealkylation sites (tertiary alicyclic amines) is 1. The van der Waals surface area contributed by atoms with E-state index in [9.17, 15) is 0 Å². The molecule has 20 heavy (non-hydrogen) atoms. The normalized spacial score (nSPS) is 26.2. The molecule has 0 aliphatic carbocycles. The van der Waals surface area contributed by atoms with Crippen LogP contribution in [0.15, 0.2) is 11.6 Å². The predicted molar refractivity (Wildman–Crippen MR) is 74.4 cm³/mol. The van der Waals surface area contributed by atoms with Crippen molar-refractivity contribution in [2.45, 2.75) is 38.6 Å². The molecule has 2 aliphatic heterocycles. The molecule has 0 saturated carbocycles. The number of aryl methyl sites for hydroxylation is 1. The summed E-state index contributed by atoms with van der Waals surface area (Å²) in [6, 6.07) is 0.287. The summed E-state index contributed by atoms with van der Waals surface area (Å²) in [6.45, 7) is 5.62. The zero-order chi connectivity index (χ0) is 13.5. The molecule has 0 unspecified atom stereocenters. The number of ether oxygens (including phenoxy) is 1. The third-order valence-corrected chi connectivity index (χ3v) is 4.89. The van der Waals surface area contributed by atoms with Gasteiger partial charge in [-0.1, -0.05) is 5.21 Å². The monoisotopic (exact) mass is 291 g/mol.